The second-order valence-corrected chi connectivity index (χ2v) is 2.36. The first-order valence-corrected chi connectivity index (χ1v) is 3.81. The second kappa shape index (κ2) is 6.75. The molecule has 0 bridgehead atoms. The second-order valence-electron chi connectivity index (χ2n) is 2.36. The molecule has 0 aromatic heterocycles. The number of hydrogen-bond donors (Lipinski definition) is 0. The Labute approximate surface area is 62.6 Å². The predicted molar refractivity (Wildman–Crippen MR) is 41.0 cm³/mol. The summed E-state index contributed by atoms with van der Waals surface area (Å²) in [5.41, 5.74) is 0. The molecule has 60 valence electrons. The van der Waals surface area contributed by atoms with Gasteiger partial charge in [0.1, 0.15) is 6.29 Å². The first kappa shape index (κ1) is 9.63. The van der Waals surface area contributed by atoms with Gasteiger partial charge < -0.3 is 9.53 Å². The van der Waals surface area contributed by atoms with Gasteiger partial charge in [0.25, 0.3) is 0 Å². The van der Waals surface area contributed by atoms with Crippen LogP contribution in [0, 0.1) is 0 Å². The SMILES string of the molecule is CCC(CCCC=O)OC. The topological polar surface area (TPSA) is 26.3 Å². The standard InChI is InChI=1S/C8H16O2/c1-3-8(10-2)6-4-5-7-9/h7-8H,3-6H2,1-2H3. The summed E-state index contributed by atoms with van der Waals surface area (Å²) in [7, 11) is 1.72. The minimum absolute atomic E-state index is 0.347. The van der Waals surface area contributed by atoms with Gasteiger partial charge in [-0.05, 0) is 19.3 Å². The zero-order chi connectivity index (χ0) is 7.82. The van der Waals surface area contributed by atoms with E-state index in [1.165, 1.54) is 0 Å². The van der Waals surface area contributed by atoms with Crippen LogP contribution in [0.1, 0.15) is 32.6 Å². The van der Waals surface area contributed by atoms with E-state index in [0.717, 1.165) is 25.5 Å². The number of carbonyl (C=O) groups is 1. The van der Waals surface area contributed by atoms with Crippen molar-refractivity contribution in [3.05, 3.63) is 0 Å². The van der Waals surface area contributed by atoms with Crippen molar-refractivity contribution in [2.24, 2.45) is 0 Å². The van der Waals surface area contributed by atoms with E-state index < -0.39 is 0 Å². The third-order valence-electron chi connectivity index (χ3n) is 1.64. The van der Waals surface area contributed by atoms with Crippen LogP contribution in [0.15, 0.2) is 0 Å². The lowest BCUT2D eigenvalue weighted by Crippen LogP contribution is -2.08. The van der Waals surface area contributed by atoms with Gasteiger partial charge in [0.2, 0.25) is 0 Å². The van der Waals surface area contributed by atoms with E-state index >= 15 is 0 Å². The largest absolute Gasteiger partial charge is 0.381 e. The molecule has 0 rings (SSSR count). The average molecular weight is 144 g/mol. The van der Waals surface area contributed by atoms with Crippen molar-refractivity contribution in [1.82, 2.24) is 0 Å². The van der Waals surface area contributed by atoms with Crippen LogP contribution < -0.4 is 0 Å². The molecular formula is C8H16O2. The summed E-state index contributed by atoms with van der Waals surface area (Å²) >= 11 is 0. The molecule has 2 nitrogen and oxygen atoms in total. The summed E-state index contributed by atoms with van der Waals surface area (Å²) in [4.78, 5) is 9.92. The molecule has 0 radical (unpaired) electrons. The summed E-state index contributed by atoms with van der Waals surface area (Å²) in [5.74, 6) is 0. The van der Waals surface area contributed by atoms with Crippen LogP contribution in [0.25, 0.3) is 0 Å². The van der Waals surface area contributed by atoms with Gasteiger partial charge >= 0.3 is 0 Å². The number of rotatable bonds is 6. The highest BCUT2D eigenvalue weighted by atomic mass is 16.5. The molecule has 0 heterocycles. The maximum atomic E-state index is 9.92. The number of ether oxygens (including phenoxy) is 1. The smallest absolute Gasteiger partial charge is 0.119 e. The Morgan fingerprint density at radius 2 is 2.30 bits per heavy atom. The van der Waals surface area contributed by atoms with Crippen molar-refractivity contribution in [3.63, 3.8) is 0 Å². The van der Waals surface area contributed by atoms with Crippen LogP contribution in [-0.2, 0) is 9.53 Å². The molecule has 0 spiro atoms. The first-order chi connectivity index (χ1) is 4.85. The Kier molecular flexibility index (Phi) is 6.50. The monoisotopic (exact) mass is 144 g/mol. The van der Waals surface area contributed by atoms with Gasteiger partial charge in [0.15, 0.2) is 0 Å². The van der Waals surface area contributed by atoms with Crippen LogP contribution in [-0.4, -0.2) is 19.5 Å². The summed E-state index contributed by atoms with van der Waals surface area (Å²) in [5, 5.41) is 0. The van der Waals surface area contributed by atoms with E-state index in [0.29, 0.717) is 12.5 Å². The van der Waals surface area contributed by atoms with Gasteiger partial charge in [-0.3, -0.25) is 0 Å². The average Bonchev–Trinajstić information content (AvgIpc) is 1.99. The Hall–Kier alpha value is -0.370. The lowest BCUT2D eigenvalue weighted by Gasteiger charge is -2.10. The molecule has 0 amide bonds. The minimum atomic E-state index is 0.347. The summed E-state index contributed by atoms with van der Waals surface area (Å²) in [6, 6.07) is 0. The van der Waals surface area contributed by atoms with Crippen molar-refractivity contribution < 1.29 is 9.53 Å². The van der Waals surface area contributed by atoms with E-state index in [4.69, 9.17) is 4.74 Å². The Bertz CT molecular complexity index is 77.3. The van der Waals surface area contributed by atoms with Crippen molar-refractivity contribution in [2.75, 3.05) is 7.11 Å². The molecule has 0 fully saturated rings. The Morgan fingerprint density at radius 3 is 2.70 bits per heavy atom. The van der Waals surface area contributed by atoms with Crippen LogP contribution in [0.2, 0.25) is 0 Å². The number of unbranched alkanes of at least 4 members (excludes halogenated alkanes) is 1. The molecule has 0 aliphatic rings. The number of aldehydes is 1. The molecule has 0 saturated carbocycles. The number of methoxy groups -OCH3 is 1. The van der Waals surface area contributed by atoms with Gasteiger partial charge in [-0.25, -0.2) is 0 Å². The lowest BCUT2D eigenvalue weighted by molar-refractivity contribution is -0.108. The highest BCUT2D eigenvalue weighted by Crippen LogP contribution is 2.05. The molecule has 0 aliphatic carbocycles. The van der Waals surface area contributed by atoms with Gasteiger partial charge in [0, 0.05) is 13.5 Å². The van der Waals surface area contributed by atoms with E-state index in [1.54, 1.807) is 7.11 Å². The van der Waals surface area contributed by atoms with Crippen molar-refractivity contribution in [1.29, 1.82) is 0 Å². The van der Waals surface area contributed by atoms with Crippen LogP contribution in [0.4, 0.5) is 0 Å². The maximum absolute atomic E-state index is 9.92. The van der Waals surface area contributed by atoms with Crippen LogP contribution in [0.3, 0.4) is 0 Å². The number of hydrogen-bond acceptors (Lipinski definition) is 2. The molecular weight excluding hydrogens is 128 g/mol. The van der Waals surface area contributed by atoms with E-state index in [9.17, 15) is 4.79 Å². The zero-order valence-corrected chi connectivity index (χ0v) is 6.80. The first-order valence-electron chi connectivity index (χ1n) is 3.81. The Balaban J connectivity index is 3.16. The summed E-state index contributed by atoms with van der Waals surface area (Å²) < 4.78 is 5.13. The minimum Gasteiger partial charge on any atom is -0.381 e. The van der Waals surface area contributed by atoms with E-state index in [1.807, 2.05) is 0 Å². The van der Waals surface area contributed by atoms with E-state index in [2.05, 4.69) is 6.92 Å². The highest BCUT2D eigenvalue weighted by molar-refractivity contribution is 5.48. The summed E-state index contributed by atoms with van der Waals surface area (Å²) in [6.45, 7) is 2.09. The van der Waals surface area contributed by atoms with Crippen LogP contribution >= 0.6 is 0 Å². The third kappa shape index (κ3) is 4.50. The normalized spacial score (nSPS) is 13.0. The lowest BCUT2D eigenvalue weighted by atomic mass is 10.1. The van der Waals surface area contributed by atoms with Crippen molar-refractivity contribution in [3.8, 4) is 0 Å². The molecule has 2 heteroatoms. The fraction of sp³-hybridized carbons (Fsp3) is 0.875. The Morgan fingerprint density at radius 1 is 1.60 bits per heavy atom. The molecule has 0 aliphatic heterocycles. The molecule has 0 saturated heterocycles. The van der Waals surface area contributed by atoms with Crippen molar-refractivity contribution in [2.45, 2.75) is 38.7 Å². The zero-order valence-electron chi connectivity index (χ0n) is 6.80. The quantitative estimate of drug-likeness (QED) is 0.419. The highest BCUT2D eigenvalue weighted by Gasteiger charge is 2.01. The van der Waals surface area contributed by atoms with Crippen LogP contribution in [0.5, 0.6) is 0 Å². The van der Waals surface area contributed by atoms with Gasteiger partial charge in [-0.1, -0.05) is 6.92 Å². The molecule has 0 aromatic carbocycles. The fourth-order valence-electron chi connectivity index (χ4n) is 0.917. The molecule has 10 heavy (non-hydrogen) atoms. The molecule has 1 unspecified atom stereocenters. The number of carbonyl (C=O) groups excluding carboxylic acids is 1. The fourth-order valence-corrected chi connectivity index (χ4v) is 0.917. The predicted octanol–water partition coefficient (Wildman–Crippen LogP) is 1.78. The third-order valence-corrected chi connectivity index (χ3v) is 1.64. The van der Waals surface area contributed by atoms with Gasteiger partial charge in [-0.15, -0.1) is 0 Å². The molecule has 0 N–H and O–H groups in total. The summed E-state index contributed by atoms with van der Waals surface area (Å²) in [6.07, 6.45) is 4.97. The van der Waals surface area contributed by atoms with Crippen molar-refractivity contribution >= 4 is 6.29 Å². The van der Waals surface area contributed by atoms with Gasteiger partial charge in [-0.2, -0.15) is 0 Å². The maximum Gasteiger partial charge on any atom is 0.119 e. The molecule has 0 aromatic rings. The van der Waals surface area contributed by atoms with Gasteiger partial charge in [0.05, 0.1) is 6.10 Å². The van der Waals surface area contributed by atoms with E-state index in [-0.39, 0.29) is 0 Å². The molecule has 1 atom stereocenters.